The van der Waals surface area contributed by atoms with Crippen LogP contribution in [-0.4, -0.2) is 20.6 Å². The molecule has 0 aliphatic carbocycles. The maximum Gasteiger partial charge on any atom is 0.257 e. The first-order valence-corrected chi connectivity index (χ1v) is 10.2. The van der Waals surface area contributed by atoms with Crippen LogP contribution in [0.3, 0.4) is 0 Å². The Morgan fingerprint density at radius 1 is 0.963 bits per heavy atom. The van der Waals surface area contributed by atoms with Gasteiger partial charge in [0.15, 0.2) is 9.84 Å². The molecule has 4 nitrogen and oxygen atoms in total. The minimum absolute atomic E-state index is 0.0438. The molecule has 0 fully saturated rings. The number of amides is 1. The van der Waals surface area contributed by atoms with E-state index in [1.54, 1.807) is 30.3 Å². The Morgan fingerprint density at radius 2 is 1.67 bits per heavy atom. The predicted octanol–water partition coefficient (Wildman–Crippen LogP) is 4.80. The van der Waals surface area contributed by atoms with Gasteiger partial charge in [-0.1, -0.05) is 35.9 Å². The van der Waals surface area contributed by atoms with Crippen LogP contribution in [0.2, 0.25) is 5.02 Å². The van der Waals surface area contributed by atoms with Crippen molar-refractivity contribution in [3.05, 3.63) is 83.1 Å². The highest BCUT2D eigenvalue weighted by molar-refractivity contribution is 7.90. The maximum atomic E-state index is 13.1. The van der Waals surface area contributed by atoms with Gasteiger partial charge in [-0.3, -0.25) is 4.79 Å². The standard InChI is InChI=1S/C20H15ClFNO3S/c1-27(25,26)17-9-10-18(19(21)12-17)20(24)23-16-4-2-3-14(11-16)13-5-7-15(22)8-6-13/h2-12H,1H3,(H,23,24). The molecule has 3 aromatic rings. The highest BCUT2D eigenvalue weighted by Gasteiger charge is 2.15. The number of halogens is 2. The molecule has 0 aromatic heterocycles. The number of benzene rings is 3. The van der Waals surface area contributed by atoms with Crippen LogP contribution in [0.1, 0.15) is 10.4 Å². The Morgan fingerprint density at radius 3 is 2.30 bits per heavy atom. The normalized spacial score (nSPS) is 11.2. The lowest BCUT2D eigenvalue weighted by Gasteiger charge is -2.10. The number of hydrogen-bond donors (Lipinski definition) is 1. The van der Waals surface area contributed by atoms with Crippen LogP contribution < -0.4 is 5.32 Å². The summed E-state index contributed by atoms with van der Waals surface area (Å²) < 4.78 is 36.2. The molecule has 0 aliphatic heterocycles. The van der Waals surface area contributed by atoms with Crippen molar-refractivity contribution in [2.45, 2.75) is 4.90 Å². The third kappa shape index (κ3) is 4.53. The van der Waals surface area contributed by atoms with E-state index in [1.165, 1.54) is 30.3 Å². The summed E-state index contributed by atoms with van der Waals surface area (Å²) in [5.41, 5.74) is 2.32. The summed E-state index contributed by atoms with van der Waals surface area (Å²) in [6.07, 6.45) is 1.07. The van der Waals surface area contributed by atoms with E-state index in [4.69, 9.17) is 11.6 Å². The summed E-state index contributed by atoms with van der Waals surface area (Å²) in [4.78, 5) is 12.5. The van der Waals surface area contributed by atoms with Gasteiger partial charge in [-0.05, 0) is 53.6 Å². The zero-order chi connectivity index (χ0) is 19.6. The van der Waals surface area contributed by atoms with Crippen molar-refractivity contribution in [3.63, 3.8) is 0 Å². The number of carbonyl (C=O) groups excluding carboxylic acids is 1. The first-order chi connectivity index (χ1) is 12.7. The summed E-state index contributed by atoms with van der Waals surface area (Å²) in [7, 11) is -3.41. The van der Waals surface area contributed by atoms with Crippen LogP contribution >= 0.6 is 11.6 Å². The summed E-state index contributed by atoms with van der Waals surface area (Å²) >= 11 is 6.08. The molecular weight excluding hydrogens is 389 g/mol. The number of carbonyl (C=O) groups is 1. The van der Waals surface area contributed by atoms with Crippen molar-refractivity contribution in [1.29, 1.82) is 0 Å². The first-order valence-electron chi connectivity index (χ1n) is 7.91. The average molecular weight is 404 g/mol. The lowest BCUT2D eigenvalue weighted by atomic mass is 10.0. The fraction of sp³-hybridized carbons (Fsp3) is 0.0500. The number of nitrogens with one attached hydrogen (secondary N) is 1. The van der Waals surface area contributed by atoms with E-state index in [2.05, 4.69) is 5.32 Å². The van der Waals surface area contributed by atoms with E-state index in [-0.39, 0.29) is 21.3 Å². The van der Waals surface area contributed by atoms with Crippen molar-refractivity contribution < 1.29 is 17.6 Å². The van der Waals surface area contributed by atoms with Crippen molar-refractivity contribution in [1.82, 2.24) is 0 Å². The molecule has 27 heavy (non-hydrogen) atoms. The Bertz CT molecular complexity index is 1110. The quantitative estimate of drug-likeness (QED) is 0.680. The van der Waals surface area contributed by atoms with E-state index in [0.29, 0.717) is 5.69 Å². The van der Waals surface area contributed by atoms with Crippen LogP contribution in [0.4, 0.5) is 10.1 Å². The average Bonchev–Trinajstić information content (AvgIpc) is 2.61. The van der Waals surface area contributed by atoms with E-state index in [9.17, 15) is 17.6 Å². The number of rotatable bonds is 4. The Kier molecular flexibility index (Phi) is 5.30. The highest BCUT2D eigenvalue weighted by atomic mass is 35.5. The minimum atomic E-state index is -3.41. The number of anilines is 1. The van der Waals surface area contributed by atoms with Crippen molar-refractivity contribution in [2.75, 3.05) is 11.6 Å². The van der Waals surface area contributed by atoms with Gasteiger partial charge in [0.05, 0.1) is 15.5 Å². The molecule has 0 heterocycles. The second-order valence-electron chi connectivity index (χ2n) is 5.96. The van der Waals surface area contributed by atoms with Crippen LogP contribution in [0.25, 0.3) is 11.1 Å². The van der Waals surface area contributed by atoms with E-state index in [1.807, 2.05) is 6.07 Å². The van der Waals surface area contributed by atoms with Gasteiger partial charge in [0.1, 0.15) is 5.82 Å². The molecule has 3 aromatic carbocycles. The molecule has 0 bridgehead atoms. The van der Waals surface area contributed by atoms with Gasteiger partial charge in [0, 0.05) is 11.9 Å². The zero-order valence-electron chi connectivity index (χ0n) is 14.2. The van der Waals surface area contributed by atoms with Gasteiger partial charge in [-0.2, -0.15) is 0 Å². The van der Waals surface area contributed by atoms with Crippen LogP contribution in [0, 0.1) is 5.82 Å². The summed E-state index contributed by atoms with van der Waals surface area (Å²) in [6.45, 7) is 0. The molecule has 0 aliphatic rings. The van der Waals surface area contributed by atoms with Gasteiger partial charge < -0.3 is 5.32 Å². The van der Waals surface area contributed by atoms with Gasteiger partial charge in [-0.15, -0.1) is 0 Å². The summed E-state index contributed by atoms with van der Waals surface area (Å²) in [5.74, 6) is -0.785. The molecule has 0 radical (unpaired) electrons. The van der Waals surface area contributed by atoms with E-state index >= 15 is 0 Å². The minimum Gasteiger partial charge on any atom is -0.322 e. The molecule has 3 rings (SSSR count). The van der Waals surface area contributed by atoms with Crippen LogP contribution in [-0.2, 0) is 9.84 Å². The zero-order valence-corrected chi connectivity index (χ0v) is 15.8. The molecule has 0 saturated heterocycles. The molecule has 0 atom stereocenters. The molecule has 1 N–H and O–H groups in total. The third-order valence-corrected chi connectivity index (χ3v) is 5.33. The molecule has 138 valence electrons. The molecular formula is C20H15ClFNO3S. The Balaban J connectivity index is 1.84. The monoisotopic (exact) mass is 403 g/mol. The molecule has 0 spiro atoms. The first kappa shape index (κ1) is 19.1. The largest absolute Gasteiger partial charge is 0.322 e. The van der Waals surface area contributed by atoms with Crippen LogP contribution in [0.5, 0.6) is 0 Å². The summed E-state index contributed by atoms with van der Waals surface area (Å²) in [5, 5.41) is 2.78. The van der Waals surface area contributed by atoms with Gasteiger partial charge in [0.2, 0.25) is 0 Å². The van der Waals surface area contributed by atoms with E-state index in [0.717, 1.165) is 17.4 Å². The number of sulfone groups is 1. The summed E-state index contributed by atoms with van der Waals surface area (Å²) in [6, 6.07) is 17.1. The van der Waals surface area contributed by atoms with Crippen molar-refractivity contribution >= 4 is 33.0 Å². The highest BCUT2D eigenvalue weighted by Crippen LogP contribution is 2.25. The molecule has 0 unspecified atom stereocenters. The SMILES string of the molecule is CS(=O)(=O)c1ccc(C(=O)Nc2cccc(-c3ccc(F)cc3)c2)c(Cl)c1. The third-order valence-electron chi connectivity index (χ3n) is 3.91. The Hall–Kier alpha value is -2.70. The van der Waals surface area contributed by atoms with Gasteiger partial charge >= 0.3 is 0 Å². The topological polar surface area (TPSA) is 63.2 Å². The lowest BCUT2D eigenvalue weighted by molar-refractivity contribution is 0.102. The molecule has 1 amide bonds. The molecule has 0 saturated carbocycles. The fourth-order valence-corrected chi connectivity index (χ4v) is 3.51. The fourth-order valence-electron chi connectivity index (χ4n) is 2.53. The van der Waals surface area contributed by atoms with Crippen molar-refractivity contribution in [3.8, 4) is 11.1 Å². The lowest BCUT2D eigenvalue weighted by Crippen LogP contribution is -2.13. The second kappa shape index (κ2) is 7.50. The molecule has 7 heteroatoms. The number of hydrogen-bond acceptors (Lipinski definition) is 3. The second-order valence-corrected chi connectivity index (χ2v) is 8.38. The van der Waals surface area contributed by atoms with Crippen LogP contribution in [0.15, 0.2) is 71.6 Å². The maximum absolute atomic E-state index is 13.1. The van der Waals surface area contributed by atoms with Gasteiger partial charge in [-0.25, -0.2) is 12.8 Å². The van der Waals surface area contributed by atoms with E-state index < -0.39 is 15.7 Å². The smallest absolute Gasteiger partial charge is 0.257 e. The predicted molar refractivity (Wildman–Crippen MR) is 104 cm³/mol. The van der Waals surface area contributed by atoms with Crippen molar-refractivity contribution in [2.24, 2.45) is 0 Å². The van der Waals surface area contributed by atoms with Gasteiger partial charge in [0.25, 0.3) is 5.91 Å². The Labute approximate surface area is 161 Å².